The number of carbonyl (C=O) groups is 1. The van der Waals surface area contributed by atoms with E-state index in [1.807, 2.05) is 0 Å². The van der Waals surface area contributed by atoms with E-state index in [4.69, 9.17) is 11.6 Å². The van der Waals surface area contributed by atoms with Crippen LogP contribution in [0, 0.1) is 5.92 Å². The maximum atomic E-state index is 15.2. The van der Waals surface area contributed by atoms with Gasteiger partial charge in [0.1, 0.15) is 12.2 Å². The van der Waals surface area contributed by atoms with E-state index in [-0.39, 0.29) is 12.2 Å². The quantitative estimate of drug-likeness (QED) is 0.791. The summed E-state index contributed by atoms with van der Waals surface area (Å²) in [7, 11) is 0. The summed E-state index contributed by atoms with van der Waals surface area (Å²) in [4.78, 5) is 11.9. The zero-order valence-electron chi connectivity index (χ0n) is 12.2. The summed E-state index contributed by atoms with van der Waals surface area (Å²) in [6.45, 7) is 4.57. The third-order valence-corrected chi connectivity index (χ3v) is 3.49. The molecule has 3 atom stereocenters. The lowest BCUT2D eigenvalue weighted by Crippen LogP contribution is -2.53. The molecular formula is C15H20ClFO4. The highest BCUT2D eigenvalue weighted by Crippen LogP contribution is 2.37. The maximum Gasteiger partial charge on any atom is 0.349 e. The normalized spacial score (nSPS) is 17.1. The molecule has 0 aliphatic heterocycles. The van der Waals surface area contributed by atoms with Crippen LogP contribution in [0.15, 0.2) is 24.3 Å². The monoisotopic (exact) mass is 318 g/mol. The van der Waals surface area contributed by atoms with Crippen molar-refractivity contribution in [3.63, 3.8) is 0 Å². The number of hydrogen-bond donors (Lipinski definition) is 2. The van der Waals surface area contributed by atoms with E-state index < -0.39 is 29.8 Å². The van der Waals surface area contributed by atoms with Crippen LogP contribution in [0.25, 0.3) is 0 Å². The number of rotatable bonds is 6. The molecule has 118 valence electrons. The van der Waals surface area contributed by atoms with Crippen molar-refractivity contribution in [2.24, 2.45) is 5.92 Å². The summed E-state index contributed by atoms with van der Waals surface area (Å²) in [5.74, 6) is -1.87. The molecule has 0 saturated heterocycles. The Balaban J connectivity index is 3.22. The molecule has 21 heavy (non-hydrogen) atoms. The lowest BCUT2D eigenvalue weighted by atomic mass is 9.82. The number of aliphatic hydroxyl groups excluding tert-OH is 2. The van der Waals surface area contributed by atoms with Crippen LogP contribution >= 0.6 is 11.6 Å². The second-order valence-electron chi connectivity index (χ2n) is 5.13. The second-order valence-corrected chi connectivity index (χ2v) is 5.57. The second kappa shape index (κ2) is 7.20. The van der Waals surface area contributed by atoms with Crippen molar-refractivity contribution >= 4 is 17.6 Å². The first-order valence-corrected chi connectivity index (χ1v) is 7.10. The standard InChI is InChI=1S/C15H20ClFO4/c1-4-21-14(20)15(17,12(18)9(2)3)13(19)10-5-7-11(16)8-6-10/h5-9,12-13,18-19H,4H2,1-3H3. The topological polar surface area (TPSA) is 66.8 Å². The predicted octanol–water partition coefficient (Wildman–Crippen LogP) is 2.66. The minimum atomic E-state index is -2.95. The summed E-state index contributed by atoms with van der Waals surface area (Å²) >= 11 is 5.74. The maximum absolute atomic E-state index is 15.2. The molecule has 0 aliphatic carbocycles. The molecule has 1 rings (SSSR count). The van der Waals surface area contributed by atoms with Gasteiger partial charge in [0.05, 0.1) is 6.61 Å². The van der Waals surface area contributed by atoms with Crippen molar-refractivity contribution in [2.45, 2.75) is 38.6 Å². The molecule has 1 aromatic carbocycles. The molecule has 0 radical (unpaired) electrons. The molecule has 1 aromatic rings. The number of benzene rings is 1. The highest BCUT2D eigenvalue weighted by Gasteiger charge is 2.55. The van der Waals surface area contributed by atoms with Gasteiger partial charge in [0.2, 0.25) is 0 Å². The molecule has 0 aliphatic rings. The molecule has 4 nitrogen and oxygen atoms in total. The van der Waals surface area contributed by atoms with Gasteiger partial charge in [0.25, 0.3) is 5.67 Å². The average Bonchev–Trinajstić information content (AvgIpc) is 2.45. The average molecular weight is 319 g/mol. The molecule has 0 amide bonds. The molecular weight excluding hydrogens is 299 g/mol. The van der Waals surface area contributed by atoms with Crippen molar-refractivity contribution in [1.29, 1.82) is 0 Å². The van der Waals surface area contributed by atoms with Gasteiger partial charge < -0.3 is 14.9 Å². The number of esters is 1. The number of carbonyl (C=O) groups excluding carboxylic acids is 1. The Labute approximate surface area is 128 Å². The van der Waals surface area contributed by atoms with Gasteiger partial charge in [-0.05, 0) is 30.5 Å². The van der Waals surface area contributed by atoms with Gasteiger partial charge in [-0.2, -0.15) is 0 Å². The first kappa shape index (κ1) is 17.9. The zero-order chi connectivity index (χ0) is 16.2. The summed E-state index contributed by atoms with van der Waals surface area (Å²) in [5.41, 5.74) is -2.81. The summed E-state index contributed by atoms with van der Waals surface area (Å²) in [6.07, 6.45) is -3.56. The lowest BCUT2D eigenvalue weighted by Gasteiger charge is -2.34. The van der Waals surface area contributed by atoms with E-state index in [0.717, 1.165) is 0 Å². The van der Waals surface area contributed by atoms with E-state index in [9.17, 15) is 15.0 Å². The number of alkyl halides is 1. The zero-order valence-corrected chi connectivity index (χ0v) is 13.0. The fraction of sp³-hybridized carbons (Fsp3) is 0.533. The Kier molecular flexibility index (Phi) is 6.13. The van der Waals surface area contributed by atoms with Crippen molar-refractivity contribution in [3.8, 4) is 0 Å². The minimum absolute atomic E-state index is 0.0529. The van der Waals surface area contributed by atoms with Crippen LogP contribution in [0.5, 0.6) is 0 Å². The van der Waals surface area contributed by atoms with E-state index >= 15 is 4.39 Å². The van der Waals surface area contributed by atoms with Crippen LogP contribution in [-0.2, 0) is 9.53 Å². The van der Waals surface area contributed by atoms with E-state index in [1.54, 1.807) is 13.8 Å². The molecule has 0 saturated carbocycles. The van der Waals surface area contributed by atoms with Crippen LogP contribution in [0.1, 0.15) is 32.4 Å². The SMILES string of the molecule is CCOC(=O)C(F)(C(O)c1ccc(Cl)cc1)C(O)C(C)C. The number of aliphatic hydroxyl groups is 2. The molecule has 0 bridgehead atoms. The van der Waals surface area contributed by atoms with Crippen LogP contribution in [0.4, 0.5) is 4.39 Å². The van der Waals surface area contributed by atoms with Crippen LogP contribution < -0.4 is 0 Å². The van der Waals surface area contributed by atoms with Gasteiger partial charge >= 0.3 is 5.97 Å². The summed E-state index contributed by atoms with van der Waals surface area (Å²) in [5, 5.41) is 20.7. The van der Waals surface area contributed by atoms with Gasteiger partial charge in [-0.3, -0.25) is 0 Å². The van der Waals surface area contributed by atoms with Gasteiger partial charge in [0, 0.05) is 5.02 Å². The first-order valence-electron chi connectivity index (χ1n) is 6.72. The minimum Gasteiger partial charge on any atom is -0.463 e. The predicted molar refractivity (Wildman–Crippen MR) is 77.7 cm³/mol. The van der Waals surface area contributed by atoms with E-state index in [2.05, 4.69) is 4.74 Å². The molecule has 0 heterocycles. The number of halogens is 2. The van der Waals surface area contributed by atoms with Crippen molar-refractivity contribution in [3.05, 3.63) is 34.9 Å². The lowest BCUT2D eigenvalue weighted by molar-refractivity contribution is -0.184. The summed E-state index contributed by atoms with van der Waals surface area (Å²) < 4.78 is 19.9. The largest absolute Gasteiger partial charge is 0.463 e. The Hall–Kier alpha value is -1.17. The van der Waals surface area contributed by atoms with Crippen LogP contribution in [0.2, 0.25) is 5.02 Å². The Morgan fingerprint density at radius 1 is 1.33 bits per heavy atom. The molecule has 0 spiro atoms. The fourth-order valence-corrected chi connectivity index (χ4v) is 2.13. The van der Waals surface area contributed by atoms with Crippen LogP contribution in [-0.4, -0.2) is 34.6 Å². The van der Waals surface area contributed by atoms with Crippen molar-refractivity contribution in [1.82, 2.24) is 0 Å². The Morgan fingerprint density at radius 2 is 1.86 bits per heavy atom. The Bertz CT molecular complexity index is 477. The molecule has 2 N–H and O–H groups in total. The molecule has 0 fully saturated rings. The molecule has 3 unspecified atom stereocenters. The number of ether oxygens (including phenoxy) is 1. The Morgan fingerprint density at radius 3 is 2.29 bits per heavy atom. The molecule has 6 heteroatoms. The molecule has 0 aromatic heterocycles. The van der Waals surface area contributed by atoms with Gasteiger partial charge in [-0.15, -0.1) is 0 Å². The van der Waals surface area contributed by atoms with E-state index in [0.29, 0.717) is 5.02 Å². The van der Waals surface area contributed by atoms with Gasteiger partial charge in [-0.25, -0.2) is 9.18 Å². The van der Waals surface area contributed by atoms with Crippen LogP contribution in [0.3, 0.4) is 0 Å². The van der Waals surface area contributed by atoms with Gasteiger partial charge in [0.15, 0.2) is 0 Å². The number of hydrogen-bond acceptors (Lipinski definition) is 4. The first-order chi connectivity index (χ1) is 9.75. The highest BCUT2D eigenvalue weighted by atomic mass is 35.5. The van der Waals surface area contributed by atoms with E-state index in [1.165, 1.54) is 31.2 Å². The fourth-order valence-electron chi connectivity index (χ4n) is 2.01. The van der Waals surface area contributed by atoms with Crippen molar-refractivity contribution in [2.75, 3.05) is 6.61 Å². The highest BCUT2D eigenvalue weighted by molar-refractivity contribution is 6.30. The third kappa shape index (κ3) is 3.73. The smallest absolute Gasteiger partial charge is 0.349 e. The third-order valence-electron chi connectivity index (χ3n) is 3.23. The van der Waals surface area contributed by atoms with Crippen molar-refractivity contribution < 1.29 is 24.1 Å². The summed E-state index contributed by atoms with van der Waals surface area (Å²) in [6, 6.07) is 5.72. The van der Waals surface area contributed by atoms with Gasteiger partial charge in [-0.1, -0.05) is 37.6 Å².